The van der Waals surface area contributed by atoms with Crippen molar-refractivity contribution in [3.05, 3.63) is 0 Å². The van der Waals surface area contributed by atoms with Crippen molar-refractivity contribution in [2.45, 2.75) is 44.8 Å². The zero-order chi connectivity index (χ0) is 21.3. The van der Waals surface area contributed by atoms with E-state index in [4.69, 9.17) is 32.5 Å². The summed E-state index contributed by atoms with van der Waals surface area (Å²) >= 11 is 3.21. The summed E-state index contributed by atoms with van der Waals surface area (Å²) in [5.74, 6) is -1.11. The Labute approximate surface area is 163 Å². The summed E-state index contributed by atoms with van der Waals surface area (Å²) in [6.45, 7) is 3.55. The smallest absolute Gasteiger partial charge is 0.320 e. The summed E-state index contributed by atoms with van der Waals surface area (Å²) in [7, 11) is 0. The van der Waals surface area contributed by atoms with Gasteiger partial charge in [0.05, 0.1) is 0 Å². The number of carbonyl (C=O) groups is 3. The van der Waals surface area contributed by atoms with E-state index in [9.17, 15) is 14.4 Å². The molecule has 0 saturated carbocycles. The Bertz CT molecular complexity index is 376. The van der Waals surface area contributed by atoms with Crippen LogP contribution in [0.25, 0.3) is 0 Å². The van der Waals surface area contributed by atoms with Crippen LogP contribution >= 0.6 is 23.5 Å². The van der Waals surface area contributed by atoms with E-state index < -0.39 is 36.0 Å². The van der Waals surface area contributed by atoms with E-state index in [1.165, 1.54) is 0 Å². The predicted molar refractivity (Wildman–Crippen MR) is 108 cm³/mol. The van der Waals surface area contributed by atoms with Gasteiger partial charge in [0.2, 0.25) is 0 Å². The molecular weight excluding hydrogens is 382 g/mol. The van der Waals surface area contributed by atoms with Gasteiger partial charge in [-0.2, -0.15) is 23.5 Å². The Hall–Kier alpha value is -1.01. The maximum absolute atomic E-state index is 10.1. The van der Waals surface area contributed by atoms with Gasteiger partial charge >= 0.3 is 17.9 Å². The van der Waals surface area contributed by atoms with Crippen molar-refractivity contribution in [2.24, 2.45) is 23.1 Å². The molecule has 3 atom stereocenters. The van der Waals surface area contributed by atoms with E-state index in [-0.39, 0.29) is 5.92 Å². The molecule has 0 spiro atoms. The minimum absolute atomic E-state index is 0.0208. The average molecular weight is 416 g/mol. The fourth-order valence-electron chi connectivity index (χ4n) is 1.02. The molecule has 0 bridgehead atoms. The molecular formula is C15H33N3O6S2. The lowest BCUT2D eigenvalue weighted by atomic mass is 10.1. The Morgan fingerprint density at radius 3 is 1.19 bits per heavy atom. The van der Waals surface area contributed by atoms with Gasteiger partial charge in [0, 0.05) is 0 Å². The number of nitrogens with two attached hydrogens (primary N) is 3. The van der Waals surface area contributed by atoms with Crippen LogP contribution in [0.1, 0.15) is 26.7 Å². The molecule has 0 fully saturated rings. The van der Waals surface area contributed by atoms with Gasteiger partial charge < -0.3 is 32.5 Å². The number of hydrogen-bond acceptors (Lipinski definition) is 8. The Balaban J connectivity index is -0.000000306. The van der Waals surface area contributed by atoms with Crippen molar-refractivity contribution >= 4 is 41.4 Å². The SMILES string of the molecule is CC(C)[C@H](N)C(=O)O.CSCC[C@@H](N)C(=O)O.CSCC[C@H](N)C(=O)O. The van der Waals surface area contributed by atoms with Crippen molar-refractivity contribution in [3.63, 3.8) is 0 Å². The first kappa shape index (κ1) is 29.7. The molecule has 0 rings (SSSR count). The van der Waals surface area contributed by atoms with Crippen LogP contribution in [0.5, 0.6) is 0 Å². The first-order chi connectivity index (χ1) is 11.9. The number of carboxylic acids is 3. The third kappa shape index (κ3) is 21.0. The zero-order valence-electron chi connectivity index (χ0n) is 15.8. The highest BCUT2D eigenvalue weighted by Crippen LogP contribution is 1.98. The third-order valence-electron chi connectivity index (χ3n) is 2.90. The molecule has 26 heavy (non-hydrogen) atoms. The van der Waals surface area contributed by atoms with Crippen molar-refractivity contribution in [1.82, 2.24) is 0 Å². The largest absolute Gasteiger partial charge is 0.480 e. The lowest BCUT2D eigenvalue weighted by Crippen LogP contribution is -2.34. The predicted octanol–water partition coefficient (Wildman–Crippen LogP) is 0.357. The molecule has 0 aromatic carbocycles. The van der Waals surface area contributed by atoms with Gasteiger partial charge in [0.25, 0.3) is 0 Å². The standard InChI is InChI=1S/2C5H11NO2S.C5H11NO2/c2*1-9-3-2-4(6)5(7)8;1-3(2)4(6)5(7)8/h2*4H,2-3,6H2,1H3,(H,7,8);3-4H,6H2,1-2H3,(H,7,8)/t3*4-/m100/s1. The summed E-state index contributed by atoms with van der Waals surface area (Å²) in [5.41, 5.74) is 15.5. The van der Waals surface area contributed by atoms with Gasteiger partial charge in [0.1, 0.15) is 18.1 Å². The quantitative estimate of drug-likeness (QED) is 0.289. The lowest BCUT2D eigenvalue weighted by Gasteiger charge is -2.07. The summed E-state index contributed by atoms with van der Waals surface area (Å²) in [4.78, 5) is 30.2. The molecule has 11 heteroatoms. The van der Waals surface area contributed by atoms with Crippen molar-refractivity contribution < 1.29 is 29.7 Å². The maximum Gasteiger partial charge on any atom is 0.320 e. The van der Waals surface area contributed by atoms with Gasteiger partial charge in [-0.25, -0.2) is 0 Å². The van der Waals surface area contributed by atoms with Crippen LogP contribution in [0.2, 0.25) is 0 Å². The van der Waals surface area contributed by atoms with E-state index in [1.807, 2.05) is 12.5 Å². The van der Waals surface area contributed by atoms with Crippen LogP contribution in [0.3, 0.4) is 0 Å². The molecule has 0 amide bonds. The maximum atomic E-state index is 10.1. The zero-order valence-corrected chi connectivity index (χ0v) is 17.4. The molecule has 0 radical (unpaired) electrons. The van der Waals surface area contributed by atoms with Crippen LogP contribution in [0.15, 0.2) is 0 Å². The first-order valence-corrected chi connectivity index (χ1v) is 10.6. The summed E-state index contributed by atoms with van der Waals surface area (Å²) < 4.78 is 0. The number of carboxylic acid groups (broad SMARTS) is 3. The van der Waals surface area contributed by atoms with Crippen LogP contribution in [-0.2, 0) is 14.4 Å². The Morgan fingerprint density at radius 1 is 0.769 bits per heavy atom. The molecule has 0 heterocycles. The highest BCUT2D eigenvalue weighted by molar-refractivity contribution is 7.98. The van der Waals surface area contributed by atoms with Gasteiger partial charge in [-0.05, 0) is 42.8 Å². The molecule has 0 aliphatic carbocycles. The first-order valence-electron chi connectivity index (χ1n) is 7.85. The summed E-state index contributed by atoms with van der Waals surface area (Å²) in [5, 5.41) is 24.8. The van der Waals surface area contributed by atoms with Gasteiger partial charge in [-0.15, -0.1) is 0 Å². The Morgan fingerprint density at radius 2 is 1.08 bits per heavy atom. The molecule has 156 valence electrons. The summed E-state index contributed by atoms with van der Waals surface area (Å²) in [6, 6.07) is -2.08. The topological polar surface area (TPSA) is 190 Å². The highest BCUT2D eigenvalue weighted by Gasteiger charge is 2.14. The number of aliphatic carboxylic acids is 3. The minimum atomic E-state index is -0.931. The summed E-state index contributed by atoms with van der Waals surface area (Å²) in [6.07, 6.45) is 4.95. The van der Waals surface area contributed by atoms with E-state index in [2.05, 4.69) is 0 Å². The van der Waals surface area contributed by atoms with E-state index in [0.717, 1.165) is 11.5 Å². The molecule has 9 N–H and O–H groups in total. The van der Waals surface area contributed by atoms with Crippen molar-refractivity contribution in [2.75, 3.05) is 24.0 Å². The van der Waals surface area contributed by atoms with Crippen LogP contribution in [0.4, 0.5) is 0 Å². The van der Waals surface area contributed by atoms with Crippen LogP contribution in [-0.4, -0.2) is 75.4 Å². The molecule has 0 aromatic rings. The average Bonchev–Trinajstić information content (AvgIpc) is 2.57. The van der Waals surface area contributed by atoms with Crippen molar-refractivity contribution in [1.29, 1.82) is 0 Å². The molecule has 0 aromatic heterocycles. The molecule has 9 nitrogen and oxygen atoms in total. The molecule has 0 aliphatic heterocycles. The van der Waals surface area contributed by atoms with Crippen molar-refractivity contribution in [3.8, 4) is 0 Å². The fourth-order valence-corrected chi connectivity index (χ4v) is 2.00. The number of thioether (sulfide) groups is 2. The normalized spacial score (nSPS) is 13.4. The minimum Gasteiger partial charge on any atom is -0.480 e. The van der Waals surface area contributed by atoms with Gasteiger partial charge in [-0.1, -0.05) is 13.8 Å². The van der Waals surface area contributed by atoms with Gasteiger partial charge in [0.15, 0.2) is 0 Å². The fraction of sp³-hybridized carbons (Fsp3) is 0.800. The second-order valence-corrected chi connectivity index (χ2v) is 7.53. The van der Waals surface area contributed by atoms with Gasteiger partial charge in [-0.3, -0.25) is 14.4 Å². The monoisotopic (exact) mass is 415 g/mol. The molecule has 0 saturated heterocycles. The lowest BCUT2D eigenvalue weighted by molar-refractivity contribution is -0.140. The van der Waals surface area contributed by atoms with E-state index in [1.54, 1.807) is 37.4 Å². The number of rotatable bonds is 10. The number of hydrogen-bond donors (Lipinski definition) is 6. The van der Waals surface area contributed by atoms with E-state index in [0.29, 0.717) is 12.8 Å². The van der Waals surface area contributed by atoms with Crippen LogP contribution in [0, 0.1) is 5.92 Å². The molecule has 0 unspecified atom stereocenters. The molecule has 0 aliphatic rings. The highest BCUT2D eigenvalue weighted by atomic mass is 32.2. The third-order valence-corrected chi connectivity index (χ3v) is 4.19. The second kappa shape index (κ2) is 18.8. The van der Waals surface area contributed by atoms with E-state index >= 15 is 0 Å². The second-order valence-electron chi connectivity index (χ2n) is 5.56. The Kier molecular flexibility index (Phi) is 21.5. The van der Waals surface area contributed by atoms with Crippen LogP contribution < -0.4 is 17.2 Å².